The summed E-state index contributed by atoms with van der Waals surface area (Å²) in [4.78, 5) is 10.7. The maximum Gasteiger partial charge on any atom is 0.252 e. The molecule has 10 aromatic rings. The Labute approximate surface area is 517 Å². The van der Waals surface area contributed by atoms with E-state index in [4.69, 9.17) is 0 Å². The van der Waals surface area contributed by atoms with Gasteiger partial charge >= 0.3 is 0 Å². The smallest absolute Gasteiger partial charge is 0.252 e. The van der Waals surface area contributed by atoms with Gasteiger partial charge < -0.3 is 19.6 Å². The first-order chi connectivity index (χ1) is 40.7. The fraction of sp³-hybridized carbons (Fsp3) is 0.325. The molecule has 0 spiro atoms. The molecule has 1 saturated carbocycles. The van der Waals surface area contributed by atoms with Crippen molar-refractivity contribution >= 4 is 117 Å². The van der Waals surface area contributed by atoms with Gasteiger partial charge in [0.15, 0.2) is 0 Å². The third-order valence-corrected chi connectivity index (χ3v) is 21.8. The lowest BCUT2D eigenvalue weighted by molar-refractivity contribution is 0.194. The van der Waals surface area contributed by atoms with Crippen molar-refractivity contribution in [3.63, 3.8) is 0 Å². The molecule has 4 aliphatic rings. The van der Waals surface area contributed by atoms with Gasteiger partial charge in [0, 0.05) is 76.8 Å². The summed E-state index contributed by atoms with van der Waals surface area (Å²) in [6.07, 6.45) is 4.73. The fourth-order valence-electron chi connectivity index (χ4n) is 15.8. The summed E-state index contributed by atoms with van der Waals surface area (Å²) in [6.45, 7) is 37.8. The molecule has 1 aromatic heterocycles. The summed E-state index contributed by atoms with van der Waals surface area (Å²) < 4.78 is 2.59. The quantitative estimate of drug-likeness (QED) is 0.147. The highest BCUT2D eigenvalue weighted by Gasteiger charge is 2.62. The van der Waals surface area contributed by atoms with Crippen LogP contribution in [0.5, 0.6) is 0 Å². The van der Waals surface area contributed by atoms with E-state index in [9.17, 15) is 0 Å². The minimum Gasteiger partial charge on any atom is -0.335 e. The van der Waals surface area contributed by atoms with Crippen molar-refractivity contribution in [3.05, 3.63) is 215 Å². The molecule has 14 rings (SSSR count). The molecule has 86 heavy (non-hydrogen) atoms. The summed E-state index contributed by atoms with van der Waals surface area (Å²) >= 11 is 1.90. The van der Waals surface area contributed by atoms with E-state index in [0.29, 0.717) is 0 Å². The summed E-state index contributed by atoms with van der Waals surface area (Å²) in [7, 11) is 0. The lowest BCUT2D eigenvalue weighted by Crippen LogP contribution is -2.65. The second-order valence-corrected chi connectivity index (χ2v) is 31.4. The molecular weight excluding hydrogens is 1060 g/mol. The third-order valence-electron chi connectivity index (χ3n) is 20.6. The van der Waals surface area contributed by atoms with Crippen LogP contribution in [0.25, 0.3) is 20.2 Å². The number of anilines is 11. The monoisotopic (exact) mass is 1140 g/mol. The van der Waals surface area contributed by atoms with E-state index in [1.807, 2.05) is 11.3 Å². The molecule has 4 heterocycles. The molecule has 1 aliphatic carbocycles. The minimum atomic E-state index is -0.171. The van der Waals surface area contributed by atoms with Gasteiger partial charge in [0.2, 0.25) is 0 Å². The Morgan fingerprint density at radius 3 is 1.43 bits per heavy atom. The summed E-state index contributed by atoms with van der Waals surface area (Å²) in [5.74, 6) is 0. The Bertz CT molecular complexity index is 4220. The number of aryl methyl sites for hydroxylation is 2. The molecular formula is C80H85BN4S. The minimum absolute atomic E-state index is 0.00283. The van der Waals surface area contributed by atoms with Crippen molar-refractivity contribution in [2.24, 2.45) is 0 Å². The van der Waals surface area contributed by atoms with Crippen molar-refractivity contribution in [2.45, 2.75) is 169 Å². The molecule has 0 radical (unpaired) electrons. The van der Waals surface area contributed by atoms with Crippen LogP contribution in [0, 0.1) is 13.8 Å². The maximum atomic E-state index is 2.93. The van der Waals surface area contributed by atoms with Gasteiger partial charge in [-0.2, -0.15) is 0 Å². The molecule has 0 amide bonds. The summed E-state index contributed by atoms with van der Waals surface area (Å²) in [5, 5.41) is 2.58. The average molecular weight is 1150 g/mol. The summed E-state index contributed by atoms with van der Waals surface area (Å²) in [5.41, 5.74) is 26.9. The maximum absolute atomic E-state index is 2.93. The van der Waals surface area contributed by atoms with Crippen LogP contribution in [0.3, 0.4) is 0 Å². The fourth-order valence-corrected chi connectivity index (χ4v) is 16.9. The number of rotatable bonds is 7. The first-order valence-electron chi connectivity index (χ1n) is 31.7. The first kappa shape index (κ1) is 56.3. The van der Waals surface area contributed by atoms with Crippen molar-refractivity contribution in [1.29, 1.82) is 0 Å². The van der Waals surface area contributed by atoms with E-state index >= 15 is 0 Å². The van der Waals surface area contributed by atoms with Crippen LogP contribution in [0.1, 0.15) is 162 Å². The zero-order chi connectivity index (χ0) is 60.4. The van der Waals surface area contributed by atoms with Crippen LogP contribution in [-0.2, 0) is 27.1 Å². The lowest BCUT2D eigenvalue weighted by Gasteiger charge is -2.53. The topological polar surface area (TPSA) is 13.0 Å². The Balaban J connectivity index is 1.12. The lowest BCUT2D eigenvalue weighted by atomic mass is 9.32. The van der Waals surface area contributed by atoms with E-state index in [0.717, 1.165) is 47.0 Å². The van der Waals surface area contributed by atoms with Gasteiger partial charge in [0.25, 0.3) is 6.71 Å². The predicted octanol–water partition coefficient (Wildman–Crippen LogP) is 21.2. The van der Waals surface area contributed by atoms with Crippen LogP contribution in [0.4, 0.5) is 62.6 Å². The molecule has 0 bridgehead atoms. The number of fused-ring (bicyclic) bond motifs is 10. The van der Waals surface area contributed by atoms with Gasteiger partial charge in [-0.3, -0.25) is 0 Å². The van der Waals surface area contributed by atoms with Gasteiger partial charge in [-0.1, -0.05) is 193 Å². The van der Waals surface area contributed by atoms with Crippen molar-refractivity contribution in [1.82, 2.24) is 0 Å². The van der Waals surface area contributed by atoms with Crippen LogP contribution in [0.15, 0.2) is 176 Å². The first-order valence-corrected chi connectivity index (χ1v) is 32.6. The molecule has 9 aromatic carbocycles. The molecule has 0 saturated heterocycles. The largest absolute Gasteiger partial charge is 0.335 e. The Kier molecular flexibility index (Phi) is 12.8. The predicted molar refractivity (Wildman–Crippen MR) is 375 cm³/mol. The zero-order valence-corrected chi connectivity index (χ0v) is 54.7. The summed E-state index contributed by atoms with van der Waals surface area (Å²) in [6, 6.07) is 69.1. The number of benzene rings is 9. The van der Waals surface area contributed by atoms with Crippen LogP contribution in [0.2, 0.25) is 0 Å². The van der Waals surface area contributed by atoms with Gasteiger partial charge in [0.05, 0.1) is 16.9 Å². The average Bonchev–Trinajstić information content (AvgIpc) is 1.44. The Morgan fingerprint density at radius 2 is 0.895 bits per heavy atom. The third kappa shape index (κ3) is 8.64. The Hall–Kier alpha value is -7.54. The highest BCUT2D eigenvalue weighted by atomic mass is 32.1. The second-order valence-electron chi connectivity index (χ2n) is 30.3. The van der Waals surface area contributed by atoms with E-state index < -0.39 is 0 Å². The van der Waals surface area contributed by atoms with Crippen molar-refractivity contribution in [3.8, 4) is 0 Å². The van der Waals surface area contributed by atoms with Crippen molar-refractivity contribution in [2.75, 3.05) is 19.6 Å². The van der Waals surface area contributed by atoms with E-state index in [-0.39, 0.29) is 39.3 Å². The van der Waals surface area contributed by atoms with E-state index in [1.54, 1.807) is 5.56 Å². The SMILES string of the molecule is Cc1cc(C)c2c3c1B1c4ccc(N(c5ccc(C(C)(C)C)cc5)c5ccc(C(C)(C)C)cc5)cc4N(c4cccc5sc6ccccc6c45)c4cc(N(c5ccc(C(C)(C)C)cc5)c5ccc(C(C)(C)C)cc5)cc(c41)N3C1(C)CCCCC21C. The standard InChI is InChI=1S/C80H85BN4S/c1-50-46-51(2)72-74-71(50)79(15)44-19-20-45-80(79,16)85(74)67-49-61(83(58-38-30-54(31-39-58)77(9,10)11)59-40-32-55(33-41-59)78(12,13)14)48-66-73(67)81(72)63-43-42-60(47-65(63)84(66)64-23-21-25-69-70(64)62-22-17-18-24-68(62)86-69)82(56-34-26-52(27-35-56)75(3,4)5)57-36-28-53(29-37-57)76(6,7)8/h17-18,21-43,46-49H,19-20,44-45H2,1-16H3. The number of hydrogen-bond acceptors (Lipinski definition) is 5. The van der Waals surface area contributed by atoms with Gasteiger partial charge in [-0.15, -0.1) is 11.3 Å². The zero-order valence-electron chi connectivity index (χ0n) is 53.8. The van der Waals surface area contributed by atoms with Gasteiger partial charge in [-0.25, -0.2) is 0 Å². The molecule has 3 aliphatic heterocycles. The number of nitrogens with zero attached hydrogens (tertiary/aromatic N) is 4. The highest BCUT2D eigenvalue weighted by molar-refractivity contribution is 7.26. The number of hydrogen-bond donors (Lipinski definition) is 0. The van der Waals surface area contributed by atoms with Gasteiger partial charge in [0.1, 0.15) is 0 Å². The highest BCUT2D eigenvalue weighted by Crippen LogP contribution is 2.64. The number of thiophene rings is 1. The normalized spacial score (nSPS) is 18.1. The van der Waals surface area contributed by atoms with E-state index in [1.165, 1.54) is 111 Å². The van der Waals surface area contributed by atoms with Crippen LogP contribution >= 0.6 is 11.3 Å². The molecule has 4 nitrogen and oxygen atoms in total. The molecule has 434 valence electrons. The van der Waals surface area contributed by atoms with Gasteiger partial charge in [-0.05, 0) is 196 Å². The molecule has 0 N–H and O–H groups in total. The van der Waals surface area contributed by atoms with Crippen LogP contribution < -0.4 is 36.0 Å². The molecule has 1 fully saturated rings. The molecule has 2 atom stereocenters. The second kappa shape index (κ2) is 19.5. The van der Waals surface area contributed by atoms with Crippen LogP contribution in [-0.4, -0.2) is 12.3 Å². The Morgan fingerprint density at radius 1 is 0.430 bits per heavy atom. The molecule has 2 unspecified atom stereocenters. The van der Waals surface area contributed by atoms with E-state index in [2.05, 4.69) is 306 Å². The molecule has 6 heteroatoms. The van der Waals surface area contributed by atoms with Crippen molar-refractivity contribution < 1.29 is 0 Å².